The lowest BCUT2D eigenvalue weighted by molar-refractivity contribution is 0.573. The summed E-state index contributed by atoms with van der Waals surface area (Å²) in [7, 11) is 0. The van der Waals surface area contributed by atoms with E-state index in [1.165, 1.54) is 19.3 Å². The molecule has 1 aliphatic rings. The fourth-order valence-electron chi connectivity index (χ4n) is 2.50. The molecule has 5 heteroatoms. The third kappa shape index (κ3) is 2.96. The lowest BCUT2D eigenvalue weighted by Gasteiger charge is -2.29. The second-order valence-electron chi connectivity index (χ2n) is 4.92. The Labute approximate surface area is 132 Å². The van der Waals surface area contributed by atoms with Gasteiger partial charge in [-0.2, -0.15) is 0 Å². The van der Waals surface area contributed by atoms with E-state index in [0.717, 1.165) is 39.8 Å². The van der Waals surface area contributed by atoms with Crippen molar-refractivity contribution in [1.82, 2.24) is 9.97 Å². The minimum atomic E-state index is 0.733. The van der Waals surface area contributed by atoms with E-state index in [2.05, 4.69) is 30.8 Å². The average Bonchev–Trinajstić information content (AvgIpc) is 2.49. The van der Waals surface area contributed by atoms with Gasteiger partial charge in [-0.15, -0.1) is 0 Å². The van der Waals surface area contributed by atoms with Crippen molar-refractivity contribution in [3.05, 3.63) is 40.1 Å². The van der Waals surface area contributed by atoms with Crippen molar-refractivity contribution in [2.75, 3.05) is 18.0 Å². The van der Waals surface area contributed by atoms with Crippen molar-refractivity contribution in [3.8, 4) is 11.3 Å². The highest BCUT2D eigenvalue weighted by Gasteiger charge is 2.18. The third-order valence-electron chi connectivity index (χ3n) is 3.50. The molecule has 1 aliphatic heterocycles. The second-order valence-corrected chi connectivity index (χ2v) is 6.17. The summed E-state index contributed by atoms with van der Waals surface area (Å²) in [5.74, 6) is 0.968. The van der Waals surface area contributed by atoms with E-state index < -0.39 is 0 Å². The molecule has 20 heavy (non-hydrogen) atoms. The van der Waals surface area contributed by atoms with Crippen LogP contribution in [0.4, 0.5) is 5.82 Å². The Bertz CT molecular complexity index is 595. The predicted octanol–water partition coefficient (Wildman–Crippen LogP) is 4.55. The van der Waals surface area contributed by atoms with Crippen molar-refractivity contribution in [2.24, 2.45) is 0 Å². The molecule has 1 fully saturated rings. The first-order valence-electron chi connectivity index (χ1n) is 6.77. The summed E-state index contributed by atoms with van der Waals surface area (Å²) >= 11 is 9.38. The molecule has 0 atom stereocenters. The molecule has 1 aromatic carbocycles. The molecule has 0 saturated carbocycles. The van der Waals surface area contributed by atoms with E-state index in [1.807, 2.05) is 24.3 Å². The molecule has 3 rings (SSSR count). The lowest BCUT2D eigenvalue weighted by Crippen LogP contribution is -2.30. The highest BCUT2D eigenvalue weighted by atomic mass is 79.9. The Balaban J connectivity index is 2.03. The number of anilines is 1. The standard InChI is InChI=1S/C15H15BrClN3/c16-13-10-18-15(20-8-2-1-3-9-20)14(19-13)11-4-6-12(17)7-5-11/h4-7,10H,1-3,8-9H2. The summed E-state index contributed by atoms with van der Waals surface area (Å²) in [6, 6.07) is 7.76. The summed E-state index contributed by atoms with van der Waals surface area (Å²) in [5, 5.41) is 0.733. The van der Waals surface area contributed by atoms with Crippen LogP contribution >= 0.6 is 27.5 Å². The molecule has 0 aliphatic carbocycles. The van der Waals surface area contributed by atoms with Gasteiger partial charge in [-0.25, -0.2) is 9.97 Å². The minimum absolute atomic E-state index is 0.733. The Hall–Kier alpha value is -1.13. The van der Waals surface area contributed by atoms with Crippen LogP contribution in [0.3, 0.4) is 0 Å². The van der Waals surface area contributed by atoms with Gasteiger partial charge in [-0.05, 0) is 47.3 Å². The fraction of sp³-hybridized carbons (Fsp3) is 0.333. The van der Waals surface area contributed by atoms with Gasteiger partial charge in [0.25, 0.3) is 0 Å². The first-order valence-corrected chi connectivity index (χ1v) is 7.94. The largest absolute Gasteiger partial charge is 0.355 e. The first kappa shape index (κ1) is 13.8. The number of halogens is 2. The van der Waals surface area contributed by atoms with Crippen LogP contribution in [0.2, 0.25) is 5.02 Å². The van der Waals surface area contributed by atoms with E-state index in [1.54, 1.807) is 6.20 Å². The number of nitrogens with zero attached hydrogens (tertiary/aromatic N) is 3. The summed E-state index contributed by atoms with van der Waals surface area (Å²) in [5.41, 5.74) is 1.96. The fourth-order valence-corrected chi connectivity index (χ4v) is 2.91. The van der Waals surface area contributed by atoms with Crippen LogP contribution in [-0.2, 0) is 0 Å². The highest BCUT2D eigenvalue weighted by molar-refractivity contribution is 9.10. The molecule has 1 aromatic heterocycles. The van der Waals surface area contributed by atoms with E-state index in [4.69, 9.17) is 11.6 Å². The SMILES string of the molecule is Clc1ccc(-c2nc(Br)cnc2N2CCCCC2)cc1. The van der Waals surface area contributed by atoms with Gasteiger partial charge in [-0.3, -0.25) is 0 Å². The van der Waals surface area contributed by atoms with Crippen molar-refractivity contribution in [3.63, 3.8) is 0 Å². The molecule has 2 heterocycles. The predicted molar refractivity (Wildman–Crippen MR) is 86.2 cm³/mol. The summed E-state index contributed by atoms with van der Waals surface area (Å²) < 4.78 is 0.753. The zero-order valence-corrected chi connectivity index (χ0v) is 13.4. The second kappa shape index (κ2) is 6.10. The number of rotatable bonds is 2. The molecule has 3 nitrogen and oxygen atoms in total. The van der Waals surface area contributed by atoms with Crippen LogP contribution in [0.15, 0.2) is 35.1 Å². The lowest BCUT2D eigenvalue weighted by atomic mass is 10.1. The van der Waals surface area contributed by atoms with Crippen LogP contribution < -0.4 is 4.90 Å². The minimum Gasteiger partial charge on any atom is -0.355 e. The van der Waals surface area contributed by atoms with Gasteiger partial charge < -0.3 is 4.90 Å². The number of hydrogen-bond acceptors (Lipinski definition) is 3. The number of hydrogen-bond donors (Lipinski definition) is 0. The van der Waals surface area contributed by atoms with Crippen LogP contribution in [-0.4, -0.2) is 23.1 Å². The molecule has 0 radical (unpaired) electrons. The van der Waals surface area contributed by atoms with Gasteiger partial charge >= 0.3 is 0 Å². The number of piperidine rings is 1. The highest BCUT2D eigenvalue weighted by Crippen LogP contribution is 2.30. The van der Waals surface area contributed by atoms with Crippen molar-refractivity contribution < 1.29 is 0 Å². The van der Waals surface area contributed by atoms with Crippen molar-refractivity contribution in [1.29, 1.82) is 0 Å². The Morgan fingerprint density at radius 2 is 1.75 bits per heavy atom. The van der Waals surface area contributed by atoms with Crippen LogP contribution in [0, 0.1) is 0 Å². The average molecular weight is 353 g/mol. The molecule has 0 bridgehead atoms. The van der Waals surface area contributed by atoms with Gasteiger partial charge in [0.15, 0.2) is 5.82 Å². The van der Waals surface area contributed by atoms with Gasteiger partial charge in [-0.1, -0.05) is 23.7 Å². The maximum atomic E-state index is 5.96. The molecule has 104 valence electrons. The molecule has 0 amide bonds. The van der Waals surface area contributed by atoms with Gasteiger partial charge in [0.1, 0.15) is 10.3 Å². The van der Waals surface area contributed by atoms with E-state index in [-0.39, 0.29) is 0 Å². The first-order chi connectivity index (χ1) is 9.74. The molecule has 0 spiro atoms. The quantitative estimate of drug-likeness (QED) is 0.794. The van der Waals surface area contributed by atoms with Gasteiger partial charge in [0.05, 0.1) is 6.20 Å². The van der Waals surface area contributed by atoms with Gasteiger partial charge in [0, 0.05) is 23.7 Å². The van der Waals surface area contributed by atoms with Crippen molar-refractivity contribution in [2.45, 2.75) is 19.3 Å². The van der Waals surface area contributed by atoms with E-state index in [0.29, 0.717) is 0 Å². The smallest absolute Gasteiger partial charge is 0.155 e. The summed E-state index contributed by atoms with van der Waals surface area (Å²) in [6.45, 7) is 2.10. The number of aromatic nitrogens is 2. The van der Waals surface area contributed by atoms with E-state index >= 15 is 0 Å². The molecule has 1 saturated heterocycles. The zero-order chi connectivity index (χ0) is 13.9. The molecule has 2 aromatic rings. The Morgan fingerprint density at radius 1 is 1.05 bits per heavy atom. The molecular formula is C15H15BrClN3. The Morgan fingerprint density at radius 3 is 2.45 bits per heavy atom. The van der Waals surface area contributed by atoms with Crippen LogP contribution in [0.25, 0.3) is 11.3 Å². The van der Waals surface area contributed by atoms with Crippen LogP contribution in [0.5, 0.6) is 0 Å². The number of benzene rings is 1. The normalized spacial score (nSPS) is 15.4. The monoisotopic (exact) mass is 351 g/mol. The zero-order valence-electron chi connectivity index (χ0n) is 11.0. The third-order valence-corrected chi connectivity index (χ3v) is 4.13. The van der Waals surface area contributed by atoms with Crippen LogP contribution in [0.1, 0.15) is 19.3 Å². The maximum Gasteiger partial charge on any atom is 0.155 e. The molecular weight excluding hydrogens is 338 g/mol. The van der Waals surface area contributed by atoms with E-state index in [9.17, 15) is 0 Å². The topological polar surface area (TPSA) is 29.0 Å². The summed E-state index contributed by atoms with van der Waals surface area (Å²) in [6.07, 6.45) is 5.51. The summed E-state index contributed by atoms with van der Waals surface area (Å²) in [4.78, 5) is 11.5. The molecule has 0 unspecified atom stereocenters. The Kier molecular flexibility index (Phi) is 4.22. The van der Waals surface area contributed by atoms with Crippen molar-refractivity contribution >= 4 is 33.3 Å². The maximum absolute atomic E-state index is 5.96. The van der Waals surface area contributed by atoms with Gasteiger partial charge in [0.2, 0.25) is 0 Å². The molecule has 0 N–H and O–H groups in total.